The van der Waals surface area contributed by atoms with Gasteiger partial charge in [-0.25, -0.2) is 4.79 Å². The van der Waals surface area contributed by atoms with Crippen molar-refractivity contribution in [1.29, 1.82) is 0 Å². The quantitative estimate of drug-likeness (QED) is 0.683. The van der Waals surface area contributed by atoms with Crippen LogP contribution in [0.15, 0.2) is 82.1 Å². The Morgan fingerprint density at radius 1 is 0.889 bits per heavy atom. The zero-order valence-electron chi connectivity index (χ0n) is 15.8. The molecule has 0 saturated heterocycles. The van der Waals surface area contributed by atoms with E-state index in [1.54, 1.807) is 10.8 Å². The van der Waals surface area contributed by atoms with Gasteiger partial charge in [0.25, 0.3) is 5.56 Å². The molecule has 0 bridgehead atoms. The van der Waals surface area contributed by atoms with Crippen molar-refractivity contribution in [3.05, 3.63) is 110 Å². The Hall–Kier alpha value is -2.92. The SMILES string of the molecule is C[Si](C)(C)C=Cc1cn(C(c2ccccc2)c2ccccc2)c(=O)[nH]c1=O. The van der Waals surface area contributed by atoms with Crippen molar-refractivity contribution < 1.29 is 0 Å². The minimum atomic E-state index is -1.47. The summed E-state index contributed by atoms with van der Waals surface area (Å²) in [4.78, 5) is 27.5. The summed E-state index contributed by atoms with van der Waals surface area (Å²) in [6.07, 6.45) is 3.51. The van der Waals surface area contributed by atoms with Crippen molar-refractivity contribution in [1.82, 2.24) is 9.55 Å². The summed E-state index contributed by atoms with van der Waals surface area (Å²) in [5, 5.41) is 0. The molecule has 0 radical (unpaired) electrons. The molecule has 0 aliphatic rings. The van der Waals surface area contributed by atoms with Gasteiger partial charge in [-0.05, 0) is 11.1 Å². The molecule has 27 heavy (non-hydrogen) atoms. The second kappa shape index (κ2) is 7.76. The number of aromatic amines is 1. The maximum atomic E-state index is 12.7. The molecule has 1 aromatic heterocycles. The molecule has 0 aliphatic carbocycles. The highest BCUT2D eigenvalue weighted by molar-refractivity contribution is 6.81. The van der Waals surface area contributed by atoms with Crippen molar-refractivity contribution in [3.63, 3.8) is 0 Å². The number of H-pyrrole nitrogens is 1. The van der Waals surface area contributed by atoms with Crippen LogP contribution < -0.4 is 11.2 Å². The van der Waals surface area contributed by atoms with Crippen molar-refractivity contribution >= 4 is 14.1 Å². The Labute approximate surface area is 159 Å². The van der Waals surface area contributed by atoms with Crippen LogP contribution >= 0.6 is 0 Å². The second-order valence-electron chi connectivity index (χ2n) is 7.67. The van der Waals surface area contributed by atoms with Crippen LogP contribution in [0.4, 0.5) is 0 Å². The van der Waals surface area contributed by atoms with Gasteiger partial charge in [0, 0.05) is 6.20 Å². The molecule has 0 atom stereocenters. The molecule has 0 unspecified atom stereocenters. The number of hydrogen-bond donors (Lipinski definition) is 1. The van der Waals surface area contributed by atoms with Gasteiger partial charge in [0.05, 0.1) is 19.7 Å². The van der Waals surface area contributed by atoms with Crippen molar-refractivity contribution in [2.45, 2.75) is 25.7 Å². The largest absolute Gasteiger partial charge is 0.329 e. The van der Waals surface area contributed by atoms with Gasteiger partial charge < -0.3 is 0 Å². The van der Waals surface area contributed by atoms with Gasteiger partial charge in [-0.15, -0.1) is 0 Å². The van der Waals surface area contributed by atoms with E-state index in [2.05, 4.69) is 30.3 Å². The first-order valence-corrected chi connectivity index (χ1v) is 12.6. The topological polar surface area (TPSA) is 54.9 Å². The van der Waals surface area contributed by atoms with E-state index < -0.39 is 13.8 Å². The molecule has 0 spiro atoms. The number of aromatic nitrogens is 2. The first kappa shape index (κ1) is 18.9. The van der Waals surface area contributed by atoms with E-state index in [1.807, 2.05) is 66.7 Å². The number of hydrogen-bond acceptors (Lipinski definition) is 2. The molecule has 2 aromatic carbocycles. The highest BCUT2D eigenvalue weighted by Gasteiger charge is 2.18. The predicted molar refractivity (Wildman–Crippen MR) is 114 cm³/mol. The summed E-state index contributed by atoms with van der Waals surface area (Å²) in [7, 11) is -1.47. The third-order valence-corrected chi connectivity index (χ3v) is 5.43. The monoisotopic (exact) mass is 376 g/mol. The molecule has 3 aromatic rings. The summed E-state index contributed by atoms with van der Waals surface area (Å²) >= 11 is 0. The lowest BCUT2D eigenvalue weighted by Gasteiger charge is -2.21. The smallest absolute Gasteiger partial charge is 0.288 e. The summed E-state index contributed by atoms with van der Waals surface area (Å²) in [6.45, 7) is 6.60. The van der Waals surface area contributed by atoms with Crippen LogP contribution in [0.1, 0.15) is 22.7 Å². The van der Waals surface area contributed by atoms with Crippen LogP contribution in [0.25, 0.3) is 6.08 Å². The third kappa shape index (κ3) is 4.63. The number of benzene rings is 2. The number of nitrogens with one attached hydrogen (secondary N) is 1. The molecule has 3 rings (SSSR count). The van der Waals surface area contributed by atoms with Crippen LogP contribution in [0.5, 0.6) is 0 Å². The van der Waals surface area contributed by atoms with Gasteiger partial charge in [-0.2, -0.15) is 0 Å². The van der Waals surface area contributed by atoms with Crippen LogP contribution in [0.2, 0.25) is 19.6 Å². The van der Waals surface area contributed by atoms with E-state index in [-0.39, 0.29) is 11.6 Å². The maximum absolute atomic E-state index is 12.7. The van der Waals surface area contributed by atoms with Gasteiger partial charge in [0.2, 0.25) is 0 Å². The number of rotatable bonds is 5. The van der Waals surface area contributed by atoms with Crippen LogP contribution in [0.3, 0.4) is 0 Å². The Bertz CT molecular complexity index is 1010. The first-order valence-electron chi connectivity index (χ1n) is 9.00. The maximum Gasteiger partial charge on any atom is 0.329 e. The average Bonchev–Trinajstić information content (AvgIpc) is 2.64. The summed E-state index contributed by atoms with van der Waals surface area (Å²) in [5.41, 5.74) is 3.80. The molecule has 0 aliphatic heterocycles. The zero-order chi connectivity index (χ0) is 19.4. The van der Waals surface area contributed by atoms with Crippen molar-refractivity contribution in [3.8, 4) is 0 Å². The fraction of sp³-hybridized carbons (Fsp3) is 0.182. The summed E-state index contributed by atoms with van der Waals surface area (Å²) in [5.74, 6) is 0. The van der Waals surface area contributed by atoms with E-state index in [1.165, 1.54) is 0 Å². The molecule has 5 heteroatoms. The molecular formula is C22H24N2O2Si. The van der Waals surface area contributed by atoms with Crippen LogP contribution in [-0.4, -0.2) is 17.6 Å². The van der Waals surface area contributed by atoms with Crippen LogP contribution in [0, 0.1) is 0 Å². The van der Waals surface area contributed by atoms with Crippen LogP contribution in [-0.2, 0) is 0 Å². The molecule has 4 nitrogen and oxygen atoms in total. The Kier molecular flexibility index (Phi) is 5.42. The standard InChI is InChI=1S/C22H24N2O2Si/c1-27(2,3)15-14-19-16-24(22(26)23-21(19)25)20(17-10-6-4-7-11-17)18-12-8-5-9-13-18/h4-16,20H,1-3H3,(H,23,25,26). The third-order valence-electron chi connectivity index (χ3n) is 4.27. The molecule has 1 N–H and O–H groups in total. The lowest BCUT2D eigenvalue weighted by molar-refractivity contribution is 0.625. The minimum Gasteiger partial charge on any atom is -0.288 e. The predicted octanol–water partition coefficient (Wildman–Crippen LogP) is 4.06. The fourth-order valence-corrected chi connectivity index (χ4v) is 3.62. The van der Waals surface area contributed by atoms with E-state index in [4.69, 9.17) is 0 Å². The van der Waals surface area contributed by atoms with Gasteiger partial charge in [-0.3, -0.25) is 14.3 Å². The normalized spacial score (nSPS) is 12.0. The Morgan fingerprint density at radius 3 is 1.89 bits per heavy atom. The van der Waals surface area contributed by atoms with Gasteiger partial charge in [-0.1, -0.05) is 92.1 Å². The summed E-state index contributed by atoms with van der Waals surface area (Å²) < 4.78 is 1.61. The minimum absolute atomic E-state index is 0.309. The Balaban J connectivity index is 2.20. The molecule has 138 valence electrons. The zero-order valence-corrected chi connectivity index (χ0v) is 16.8. The van der Waals surface area contributed by atoms with E-state index in [0.29, 0.717) is 5.56 Å². The van der Waals surface area contributed by atoms with Crippen molar-refractivity contribution in [2.24, 2.45) is 0 Å². The highest BCUT2D eigenvalue weighted by atomic mass is 28.3. The van der Waals surface area contributed by atoms with Crippen molar-refractivity contribution in [2.75, 3.05) is 0 Å². The molecule has 0 fully saturated rings. The molecule has 0 amide bonds. The van der Waals surface area contributed by atoms with Gasteiger partial charge >= 0.3 is 5.69 Å². The average molecular weight is 377 g/mol. The fourth-order valence-electron chi connectivity index (χ4n) is 2.94. The first-order chi connectivity index (χ1) is 12.8. The lowest BCUT2D eigenvalue weighted by Crippen LogP contribution is -2.34. The van der Waals surface area contributed by atoms with Gasteiger partial charge in [0.1, 0.15) is 0 Å². The lowest BCUT2D eigenvalue weighted by atomic mass is 9.98. The van der Waals surface area contributed by atoms with E-state index in [0.717, 1.165) is 11.1 Å². The van der Waals surface area contributed by atoms with E-state index in [9.17, 15) is 9.59 Å². The molecule has 1 heterocycles. The number of nitrogens with zero attached hydrogens (tertiary/aromatic N) is 1. The highest BCUT2D eigenvalue weighted by Crippen LogP contribution is 2.25. The summed E-state index contributed by atoms with van der Waals surface area (Å²) in [6, 6.07) is 19.4. The molecule has 0 saturated carbocycles. The Morgan fingerprint density at radius 2 is 1.41 bits per heavy atom. The van der Waals surface area contributed by atoms with Gasteiger partial charge in [0.15, 0.2) is 0 Å². The molecular weight excluding hydrogens is 352 g/mol. The second-order valence-corrected chi connectivity index (χ2v) is 12.7. The van der Waals surface area contributed by atoms with E-state index >= 15 is 0 Å².